The highest BCUT2D eigenvalue weighted by Gasteiger charge is 2.60. The van der Waals surface area contributed by atoms with Crippen molar-refractivity contribution in [2.75, 3.05) is 0 Å². The first-order chi connectivity index (χ1) is 8.90. The highest BCUT2D eigenvalue weighted by Crippen LogP contribution is 2.61. The van der Waals surface area contributed by atoms with Gasteiger partial charge in [0.1, 0.15) is 0 Å². The number of halogens is 3. The second-order valence-electron chi connectivity index (χ2n) is 5.93. The van der Waals surface area contributed by atoms with Crippen LogP contribution in [0.15, 0.2) is 42.0 Å². The molecule has 0 N–H and O–H groups in total. The molecule has 0 aromatic heterocycles. The molecule has 0 nitrogen and oxygen atoms in total. The Morgan fingerprint density at radius 2 is 1.53 bits per heavy atom. The van der Waals surface area contributed by atoms with E-state index in [2.05, 4.69) is 0 Å². The minimum atomic E-state index is -4.11. The fourth-order valence-electron chi connectivity index (χ4n) is 3.85. The molecular weight excluding hydrogens is 249 g/mol. The van der Waals surface area contributed by atoms with E-state index in [-0.39, 0.29) is 18.3 Å². The highest BCUT2D eigenvalue weighted by atomic mass is 19.4. The van der Waals surface area contributed by atoms with Gasteiger partial charge in [0.2, 0.25) is 0 Å². The van der Waals surface area contributed by atoms with E-state index < -0.39 is 11.6 Å². The summed E-state index contributed by atoms with van der Waals surface area (Å²) in [4.78, 5) is 0. The highest BCUT2D eigenvalue weighted by molar-refractivity contribution is 5.41. The summed E-state index contributed by atoms with van der Waals surface area (Å²) in [6.07, 6.45) is -0.937. The largest absolute Gasteiger partial charge is 0.397 e. The molecule has 0 aliphatic heterocycles. The predicted molar refractivity (Wildman–Crippen MR) is 68.8 cm³/mol. The van der Waals surface area contributed by atoms with Crippen molar-refractivity contribution in [1.82, 2.24) is 0 Å². The van der Waals surface area contributed by atoms with Crippen LogP contribution in [0.5, 0.6) is 0 Å². The number of hydrogen-bond acceptors (Lipinski definition) is 0. The van der Waals surface area contributed by atoms with Crippen molar-refractivity contribution in [3.63, 3.8) is 0 Å². The lowest BCUT2D eigenvalue weighted by molar-refractivity contribution is -0.221. The third kappa shape index (κ3) is 1.67. The van der Waals surface area contributed by atoms with Crippen LogP contribution in [0.25, 0.3) is 0 Å². The number of allylic oxidation sites excluding steroid dienone is 2. The summed E-state index contributed by atoms with van der Waals surface area (Å²) < 4.78 is 39.8. The smallest absolute Gasteiger partial charge is 0.170 e. The summed E-state index contributed by atoms with van der Waals surface area (Å²) in [6.45, 7) is 1.87. The lowest BCUT2D eigenvalue weighted by Gasteiger charge is -2.52. The Labute approximate surface area is 111 Å². The molecule has 0 unspecified atom stereocenters. The Hall–Kier alpha value is -1.25. The first kappa shape index (κ1) is 12.8. The standard InChI is InChI=1S/C16H17F3/c1-12-11-14(16(17,18)19)7-9-15(12,10-8-14)13-5-3-2-4-6-13/h2-6,11H,7-10H2,1H3. The van der Waals surface area contributed by atoms with Crippen LogP contribution >= 0.6 is 0 Å². The minimum absolute atomic E-state index is 0.158. The topological polar surface area (TPSA) is 0 Å². The monoisotopic (exact) mass is 266 g/mol. The van der Waals surface area contributed by atoms with Crippen molar-refractivity contribution in [3.8, 4) is 0 Å². The Balaban J connectivity index is 2.07. The van der Waals surface area contributed by atoms with Gasteiger partial charge in [0.05, 0.1) is 5.41 Å². The normalized spacial score (nSPS) is 34.2. The molecule has 19 heavy (non-hydrogen) atoms. The average Bonchev–Trinajstić information content (AvgIpc) is 2.40. The molecular formula is C16H17F3. The second kappa shape index (κ2) is 3.87. The van der Waals surface area contributed by atoms with Crippen LogP contribution in [0, 0.1) is 5.41 Å². The second-order valence-corrected chi connectivity index (χ2v) is 5.93. The maximum atomic E-state index is 13.3. The third-order valence-electron chi connectivity index (χ3n) is 5.13. The van der Waals surface area contributed by atoms with E-state index in [9.17, 15) is 13.2 Å². The zero-order chi connectivity index (χ0) is 13.7. The van der Waals surface area contributed by atoms with Crippen LogP contribution in [-0.2, 0) is 5.41 Å². The lowest BCUT2D eigenvalue weighted by Crippen LogP contribution is -2.49. The van der Waals surface area contributed by atoms with Crippen LogP contribution in [0.3, 0.4) is 0 Å². The van der Waals surface area contributed by atoms with Gasteiger partial charge in [0.25, 0.3) is 0 Å². The van der Waals surface area contributed by atoms with E-state index in [0.717, 1.165) is 5.57 Å². The van der Waals surface area contributed by atoms with Crippen molar-refractivity contribution in [2.24, 2.45) is 5.41 Å². The van der Waals surface area contributed by atoms with Crippen LogP contribution in [0.2, 0.25) is 0 Å². The van der Waals surface area contributed by atoms with Gasteiger partial charge in [-0.05, 0) is 38.2 Å². The molecule has 1 aromatic rings. The third-order valence-corrected chi connectivity index (χ3v) is 5.13. The van der Waals surface area contributed by atoms with Gasteiger partial charge < -0.3 is 0 Å². The first-order valence-corrected chi connectivity index (χ1v) is 6.72. The number of fused-ring (bicyclic) bond motifs is 2. The summed E-state index contributed by atoms with van der Waals surface area (Å²) in [5.74, 6) is 0. The molecule has 4 rings (SSSR count). The van der Waals surface area contributed by atoms with Gasteiger partial charge >= 0.3 is 6.18 Å². The van der Waals surface area contributed by atoms with Gasteiger partial charge in [0.15, 0.2) is 0 Å². The van der Waals surface area contributed by atoms with Gasteiger partial charge in [-0.15, -0.1) is 0 Å². The molecule has 102 valence electrons. The number of rotatable bonds is 1. The summed E-state index contributed by atoms with van der Waals surface area (Å²) in [6, 6.07) is 9.98. The molecule has 0 spiro atoms. The van der Waals surface area contributed by atoms with Crippen molar-refractivity contribution in [1.29, 1.82) is 0 Å². The minimum Gasteiger partial charge on any atom is -0.170 e. The first-order valence-electron chi connectivity index (χ1n) is 6.72. The maximum absolute atomic E-state index is 13.3. The Morgan fingerprint density at radius 1 is 0.947 bits per heavy atom. The quantitative estimate of drug-likeness (QED) is 0.627. The zero-order valence-electron chi connectivity index (χ0n) is 10.9. The van der Waals surface area contributed by atoms with Gasteiger partial charge in [-0.25, -0.2) is 0 Å². The summed E-state index contributed by atoms with van der Waals surface area (Å²) >= 11 is 0. The van der Waals surface area contributed by atoms with Crippen molar-refractivity contribution in [3.05, 3.63) is 47.5 Å². The van der Waals surface area contributed by atoms with E-state index in [1.807, 2.05) is 37.3 Å². The molecule has 0 radical (unpaired) electrons. The number of hydrogen-bond donors (Lipinski definition) is 0. The van der Waals surface area contributed by atoms with Crippen LogP contribution in [-0.4, -0.2) is 6.18 Å². The number of alkyl halides is 3. The molecule has 0 amide bonds. The SMILES string of the molecule is CC1=CC2(C(F)(F)F)CCC1(c1ccccc1)CC2. The molecule has 1 aromatic carbocycles. The summed E-state index contributed by atoms with van der Waals surface area (Å²) in [5, 5.41) is 0. The van der Waals surface area contributed by atoms with Crippen LogP contribution < -0.4 is 0 Å². The van der Waals surface area contributed by atoms with Gasteiger partial charge in [-0.1, -0.05) is 42.0 Å². The summed E-state index contributed by atoms with van der Waals surface area (Å²) in [5.41, 5.74) is 0.342. The Morgan fingerprint density at radius 3 is 2.00 bits per heavy atom. The van der Waals surface area contributed by atoms with E-state index in [0.29, 0.717) is 12.8 Å². The molecule has 3 aliphatic rings. The molecule has 1 fully saturated rings. The van der Waals surface area contributed by atoms with Crippen molar-refractivity contribution >= 4 is 0 Å². The van der Waals surface area contributed by atoms with Gasteiger partial charge in [-0.2, -0.15) is 13.2 Å². The van der Waals surface area contributed by atoms with Gasteiger partial charge in [0, 0.05) is 5.41 Å². The molecule has 0 saturated heterocycles. The molecule has 2 bridgehead atoms. The zero-order valence-corrected chi connectivity index (χ0v) is 10.9. The Bertz CT molecular complexity index is 503. The van der Waals surface area contributed by atoms with E-state index >= 15 is 0 Å². The molecule has 0 atom stereocenters. The fourth-order valence-corrected chi connectivity index (χ4v) is 3.85. The molecule has 1 saturated carbocycles. The Kier molecular flexibility index (Phi) is 2.60. The molecule has 3 heteroatoms. The molecule has 3 aliphatic carbocycles. The fraction of sp³-hybridized carbons (Fsp3) is 0.500. The van der Waals surface area contributed by atoms with Crippen molar-refractivity contribution in [2.45, 2.75) is 44.2 Å². The number of benzene rings is 1. The van der Waals surface area contributed by atoms with E-state index in [1.54, 1.807) is 0 Å². The van der Waals surface area contributed by atoms with Gasteiger partial charge in [-0.3, -0.25) is 0 Å². The van der Waals surface area contributed by atoms with Crippen LogP contribution in [0.4, 0.5) is 13.2 Å². The maximum Gasteiger partial charge on any atom is 0.397 e. The average molecular weight is 266 g/mol. The van der Waals surface area contributed by atoms with E-state index in [1.165, 1.54) is 11.6 Å². The predicted octanol–water partition coefficient (Wildman–Crippen LogP) is 5.01. The van der Waals surface area contributed by atoms with Crippen molar-refractivity contribution < 1.29 is 13.2 Å². The molecule has 0 heterocycles. The van der Waals surface area contributed by atoms with E-state index in [4.69, 9.17) is 0 Å². The van der Waals surface area contributed by atoms with Crippen LogP contribution in [0.1, 0.15) is 38.2 Å². The summed E-state index contributed by atoms with van der Waals surface area (Å²) in [7, 11) is 0. The lowest BCUT2D eigenvalue weighted by atomic mass is 9.53.